The first-order valence-corrected chi connectivity index (χ1v) is 7.49. The van der Waals surface area contributed by atoms with Crippen LogP contribution < -0.4 is 10.9 Å². The molecule has 0 saturated heterocycles. The number of carbonyl (C=O) groups excluding carboxylic acids is 2. The lowest BCUT2D eigenvalue weighted by Crippen LogP contribution is -2.41. The molecule has 2 N–H and O–H groups in total. The summed E-state index contributed by atoms with van der Waals surface area (Å²) < 4.78 is 0. The predicted octanol–water partition coefficient (Wildman–Crippen LogP) is 3.05. The van der Waals surface area contributed by atoms with Crippen molar-refractivity contribution in [2.24, 2.45) is 0 Å². The van der Waals surface area contributed by atoms with Crippen LogP contribution in [0.2, 0.25) is 5.02 Å². The number of hydrogen-bond donors (Lipinski definition) is 2. The highest BCUT2D eigenvalue weighted by molar-refractivity contribution is 6.30. The lowest BCUT2D eigenvalue weighted by molar-refractivity contribution is -0.126. The zero-order chi connectivity index (χ0) is 16.7. The predicted molar refractivity (Wildman–Crippen MR) is 91.7 cm³/mol. The molecular weight excluding hydrogens is 312 g/mol. The Morgan fingerprint density at radius 3 is 2.30 bits per heavy atom. The van der Waals surface area contributed by atoms with Crippen molar-refractivity contribution in [3.05, 3.63) is 76.3 Å². The third kappa shape index (κ3) is 5.96. The number of hydrazine groups is 1. The average molecular weight is 329 g/mol. The molecule has 0 aliphatic rings. The summed E-state index contributed by atoms with van der Waals surface area (Å²) in [5, 5.41) is 0.615. The maximum Gasteiger partial charge on any atom is 0.262 e. The molecule has 0 saturated carbocycles. The van der Waals surface area contributed by atoms with Gasteiger partial charge >= 0.3 is 0 Å². The largest absolute Gasteiger partial charge is 0.273 e. The van der Waals surface area contributed by atoms with Gasteiger partial charge in [-0.05, 0) is 36.3 Å². The third-order valence-electron chi connectivity index (χ3n) is 3.11. The Bertz CT molecular complexity index is 707. The highest BCUT2D eigenvalue weighted by Crippen LogP contribution is 2.09. The van der Waals surface area contributed by atoms with Gasteiger partial charge in [0.1, 0.15) is 0 Å². The van der Waals surface area contributed by atoms with Gasteiger partial charge in [0.25, 0.3) is 5.91 Å². The summed E-state index contributed by atoms with van der Waals surface area (Å²) in [7, 11) is 0. The van der Waals surface area contributed by atoms with Crippen LogP contribution in [0, 0.1) is 6.92 Å². The Morgan fingerprint density at radius 1 is 1.00 bits per heavy atom. The van der Waals surface area contributed by atoms with Crippen molar-refractivity contribution in [1.82, 2.24) is 10.9 Å². The molecule has 0 atom stereocenters. The molecule has 0 heterocycles. The van der Waals surface area contributed by atoms with Gasteiger partial charge in [-0.2, -0.15) is 0 Å². The summed E-state index contributed by atoms with van der Waals surface area (Å²) in [5.41, 5.74) is 7.60. The fraction of sp³-hybridized carbons (Fsp3) is 0.111. The van der Waals surface area contributed by atoms with Crippen LogP contribution in [0.15, 0.2) is 54.6 Å². The molecule has 5 heteroatoms. The fourth-order valence-electron chi connectivity index (χ4n) is 1.85. The first-order chi connectivity index (χ1) is 11.0. The smallest absolute Gasteiger partial charge is 0.262 e. The van der Waals surface area contributed by atoms with Crippen LogP contribution >= 0.6 is 11.6 Å². The number of benzene rings is 2. The van der Waals surface area contributed by atoms with Crippen molar-refractivity contribution in [3.63, 3.8) is 0 Å². The van der Waals surface area contributed by atoms with Crippen LogP contribution in [0.3, 0.4) is 0 Å². The average Bonchev–Trinajstić information content (AvgIpc) is 2.54. The second-order valence-electron chi connectivity index (χ2n) is 5.08. The van der Waals surface area contributed by atoms with Gasteiger partial charge < -0.3 is 0 Å². The number of amides is 2. The minimum Gasteiger partial charge on any atom is -0.273 e. The van der Waals surface area contributed by atoms with E-state index < -0.39 is 5.91 Å². The third-order valence-corrected chi connectivity index (χ3v) is 3.36. The second-order valence-corrected chi connectivity index (χ2v) is 5.52. The topological polar surface area (TPSA) is 58.2 Å². The molecule has 2 rings (SSSR count). The van der Waals surface area contributed by atoms with Crippen molar-refractivity contribution >= 4 is 29.5 Å². The normalized spacial score (nSPS) is 10.5. The van der Waals surface area contributed by atoms with E-state index in [0.29, 0.717) is 5.02 Å². The Hall–Kier alpha value is -2.59. The van der Waals surface area contributed by atoms with E-state index in [4.69, 9.17) is 11.6 Å². The van der Waals surface area contributed by atoms with Crippen LogP contribution in [0.25, 0.3) is 6.08 Å². The summed E-state index contributed by atoms with van der Waals surface area (Å²) in [6.45, 7) is 2.00. The molecule has 2 amide bonds. The summed E-state index contributed by atoms with van der Waals surface area (Å²) in [4.78, 5) is 23.4. The van der Waals surface area contributed by atoms with Crippen LogP contribution in [-0.2, 0) is 16.0 Å². The van der Waals surface area contributed by atoms with Crippen LogP contribution in [0.1, 0.15) is 16.7 Å². The van der Waals surface area contributed by atoms with Crippen molar-refractivity contribution in [3.8, 4) is 0 Å². The van der Waals surface area contributed by atoms with E-state index in [1.54, 1.807) is 30.3 Å². The first-order valence-electron chi connectivity index (χ1n) is 7.11. The second kappa shape index (κ2) is 8.15. The molecule has 4 nitrogen and oxygen atoms in total. The van der Waals surface area contributed by atoms with E-state index in [2.05, 4.69) is 10.9 Å². The van der Waals surface area contributed by atoms with Crippen LogP contribution in [0.4, 0.5) is 0 Å². The maximum atomic E-state index is 11.7. The molecule has 0 aromatic heterocycles. The first kappa shape index (κ1) is 16.8. The van der Waals surface area contributed by atoms with Gasteiger partial charge in [-0.15, -0.1) is 0 Å². The number of rotatable bonds is 4. The molecule has 0 aliphatic heterocycles. The molecule has 23 heavy (non-hydrogen) atoms. The monoisotopic (exact) mass is 328 g/mol. The summed E-state index contributed by atoms with van der Waals surface area (Å²) in [6.07, 6.45) is 3.21. The van der Waals surface area contributed by atoms with Gasteiger partial charge in [-0.1, -0.05) is 53.6 Å². The SMILES string of the molecule is Cc1ccc(C=CC(=O)NNC(=O)Cc2ccc(Cl)cc2)cc1. The van der Waals surface area contributed by atoms with E-state index in [-0.39, 0.29) is 12.3 Å². The van der Waals surface area contributed by atoms with E-state index in [0.717, 1.165) is 16.7 Å². The zero-order valence-corrected chi connectivity index (χ0v) is 13.4. The quantitative estimate of drug-likeness (QED) is 0.669. The van der Waals surface area contributed by atoms with Crippen LogP contribution in [0.5, 0.6) is 0 Å². The number of halogens is 1. The van der Waals surface area contributed by atoms with E-state index >= 15 is 0 Å². The van der Waals surface area contributed by atoms with Crippen LogP contribution in [-0.4, -0.2) is 11.8 Å². The molecule has 0 fully saturated rings. The summed E-state index contributed by atoms with van der Waals surface area (Å²) in [5.74, 6) is -0.695. The molecule has 2 aromatic rings. The zero-order valence-electron chi connectivity index (χ0n) is 12.7. The van der Waals surface area contributed by atoms with Gasteiger partial charge in [-0.25, -0.2) is 0 Å². The number of hydrogen-bond acceptors (Lipinski definition) is 2. The van der Waals surface area contributed by atoms with Gasteiger partial charge in [0.05, 0.1) is 6.42 Å². The molecule has 0 bridgehead atoms. The minimum absolute atomic E-state index is 0.166. The number of carbonyl (C=O) groups is 2. The van der Waals surface area contributed by atoms with E-state index in [1.165, 1.54) is 6.08 Å². The fourth-order valence-corrected chi connectivity index (χ4v) is 1.98. The summed E-state index contributed by atoms with van der Waals surface area (Å²) in [6, 6.07) is 14.7. The van der Waals surface area contributed by atoms with E-state index in [1.807, 2.05) is 31.2 Å². The van der Waals surface area contributed by atoms with Crippen molar-refractivity contribution < 1.29 is 9.59 Å². The molecule has 2 aromatic carbocycles. The lowest BCUT2D eigenvalue weighted by atomic mass is 10.1. The van der Waals surface area contributed by atoms with Crippen molar-refractivity contribution in [2.75, 3.05) is 0 Å². The molecule has 0 spiro atoms. The van der Waals surface area contributed by atoms with Gasteiger partial charge in [0, 0.05) is 11.1 Å². The maximum absolute atomic E-state index is 11.7. The Morgan fingerprint density at radius 2 is 1.65 bits per heavy atom. The highest BCUT2D eigenvalue weighted by atomic mass is 35.5. The number of aryl methyl sites for hydroxylation is 1. The molecule has 0 radical (unpaired) electrons. The van der Waals surface area contributed by atoms with Crippen molar-refractivity contribution in [1.29, 1.82) is 0 Å². The Kier molecular flexibility index (Phi) is 5.94. The minimum atomic E-state index is -0.393. The van der Waals surface area contributed by atoms with Gasteiger partial charge in [0.15, 0.2) is 0 Å². The van der Waals surface area contributed by atoms with Crippen molar-refractivity contribution in [2.45, 2.75) is 13.3 Å². The van der Waals surface area contributed by atoms with E-state index in [9.17, 15) is 9.59 Å². The Labute approximate surface area is 140 Å². The molecule has 0 aliphatic carbocycles. The van der Waals surface area contributed by atoms with Gasteiger partial charge in [0.2, 0.25) is 5.91 Å². The highest BCUT2D eigenvalue weighted by Gasteiger charge is 2.04. The number of nitrogens with one attached hydrogen (secondary N) is 2. The van der Waals surface area contributed by atoms with Gasteiger partial charge in [-0.3, -0.25) is 20.4 Å². The standard InChI is InChI=1S/C18H17ClN2O2/c1-13-2-4-14(5-3-13)8-11-17(22)20-21-18(23)12-15-6-9-16(19)10-7-15/h2-11H,12H2,1H3,(H,20,22)(H,21,23). The molecular formula is C18H17ClN2O2. The molecule has 118 valence electrons. The molecule has 0 unspecified atom stereocenters. The Balaban J connectivity index is 1.78. The lowest BCUT2D eigenvalue weighted by Gasteiger charge is -2.05. The summed E-state index contributed by atoms with van der Waals surface area (Å²) >= 11 is 5.78.